The van der Waals surface area contributed by atoms with Crippen LogP contribution >= 0.6 is 22.9 Å². The van der Waals surface area contributed by atoms with Gasteiger partial charge in [0.1, 0.15) is 17.5 Å². The monoisotopic (exact) mass is 424 g/mol. The van der Waals surface area contributed by atoms with Crippen LogP contribution < -0.4 is 19.6 Å². The summed E-state index contributed by atoms with van der Waals surface area (Å²) in [7, 11) is 0. The summed E-state index contributed by atoms with van der Waals surface area (Å²) >= 11 is 7.56. The van der Waals surface area contributed by atoms with Crippen LogP contribution in [0.3, 0.4) is 0 Å². The number of fused-ring (bicyclic) bond motifs is 6. The average Bonchev–Trinajstić information content (AvgIpc) is 2.96. The molecular formula is C22H17ClN2O3S. The lowest BCUT2D eigenvalue weighted by Crippen LogP contribution is -2.58. The number of hydrogen-bond acceptors (Lipinski definition) is 5. The molecule has 0 fully saturated rings. The lowest BCUT2D eigenvalue weighted by atomic mass is 9.79. The van der Waals surface area contributed by atoms with Crippen LogP contribution in [0.25, 0.3) is 6.08 Å². The van der Waals surface area contributed by atoms with Crippen LogP contribution in [-0.2, 0) is 4.79 Å². The predicted molar refractivity (Wildman–Crippen MR) is 112 cm³/mol. The minimum atomic E-state index is -1.05. The molecule has 5 rings (SSSR count). The summed E-state index contributed by atoms with van der Waals surface area (Å²) < 4.78 is 8.34. The summed E-state index contributed by atoms with van der Waals surface area (Å²) in [5, 5.41) is 0.571. The molecule has 2 bridgehead atoms. The Hall–Kier alpha value is -2.70. The van der Waals surface area contributed by atoms with Crippen molar-refractivity contribution in [2.75, 3.05) is 0 Å². The van der Waals surface area contributed by atoms with Gasteiger partial charge < -0.3 is 4.74 Å². The van der Waals surface area contributed by atoms with E-state index in [9.17, 15) is 9.59 Å². The standard InChI is InChI=1S/C22H17ClN2O3S/c1-12(26)18-19-14-8-4-6-10-16(14)28-22(18,2)24-21-25(19)20(27)17(29-21)11-13-7-3-5-9-15(13)23/h3-11,18-19H,1-2H3/b17-11+/t18-,19+,22-/m0/s1. The Bertz CT molecular complexity index is 1340. The molecule has 7 heteroatoms. The molecule has 0 unspecified atom stereocenters. The number of nitrogens with zero attached hydrogens (tertiary/aromatic N) is 2. The van der Waals surface area contributed by atoms with Crippen LogP contribution in [0, 0.1) is 5.92 Å². The first-order valence-corrected chi connectivity index (χ1v) is 10.4. The van der Waals surface area contributed by atoms with Gasteiger partial charge in [-0.3, -0.25) is 14.2 Å². The Kier molecular flexibility index (Phi) is 4.05. The van der Waals surface area contributed by atoms with E-state index in [1.807, 2.05) is 49.4 Å². The van der Waals surface area contributed by atoms with Crippen LogP contribution in [0.5, 0.6) is 5.75 Å². The Morgan fingerprint density at radius 1 is 1.24 bits per heavy atom. The van der Waals surface area contributed by atoms with Gasteiger partial charge in [-0.1, -0.05) is 59.3 Å². The zero-order chi connectivity index (χ0) is 20.3. The van der Waals surface area contributed by atoms with Gasteiger partial charge in [-0.05, 0) is 37.6 Å². The van der Waals surface area contributed by atoms with E-state index in [-0.39, 0.29) is 11.3 Å². The Labute approximate surface area is 175 Å². The Balaban J connectivity index is 1.83. The number of hydrogen-bond donors (Lipinski definition) is 0. The average molecular weight is 425 g/mol. The van der Waals surface area contributed by atoms with Crippen LogP contribution in [0.1, 0.15) is 31.0 Å². The van der Waals surface area contributed by atoms with E-state index in [2.05, 4.69) is 0 Å². The van der Waals surface area contributed by atoms with E-state index in [0.29, 0.717) is 20.1 Å². The van der Waals surface area contributed by atoms with E-state index < -0.39 is 17.7 Å². The quantitative estimate of drug-likeness (QED) is 0.635. The molecule has 3 heterocycles. The second kappa shape index (κ2) is 6.40. The molecule has 0 aliphatic carbocycles. The maximum atomic E-state index is 13.4. The van der Waals surface area contributed by atoms with Gasteiger partial charge in [0.05, 0.1) is 10.6 Å². The number of aromatic nitrogens is 1. The van der Waals surface area contributed by atoms with E-state index in [1.54, 1.807) is 16.7 Å². The lowest BCUT2D eigenvalue weighted by molar-refractivity contribution is -0.132. The summed E-state index contributed by atoms with van der Waals surface area (Å²) in [5.41, 5.74) is 0.359. The van der Waals surface area contributed by atoms with E-state index in [1.165, 1.54) is 18.3 Å². The van der Waals surface area contributed by atoms with Crippen LogP contribution in [0.15, 0.2) is 58.3 Å². The van der Waals surface area contributed by atoms with Crippen molar-refractivity contribution in [1.29, 1.82) is 0 Å². The van der Waals surface area contributed by atoms with Crippen molar-refractivity contribution in [3.63, 3.8) is 0 Å². The second-order valence-electron chi connectivity index (χ2n) is 7.43. The molecule has 3 aromatic rings. The van der Waals surface area contributed by atoms with Gasteiger partial charge >= 0.3 is 0 Å². The number of thiazole rings is 1. The van der Waals surface area contributed by atoms with Crippen molar-refractivity contribution in [2.45, 2.75) is 25.6 Å². The number of ether oxygens (including phenoxy) is 1. The molecule has 2 aliphatic rings. The normalized spacial score (nSPS) is 24.9. The highest BCUT2D eigenvalue weighted by Crippen LogP contribution is 2.47. The maximum absolute atomic E-state index is 13.4. The number of carbonyl (C=O) groups excluding carboxylic acids is 1. The van der Waals surface area contributed by atoms with Gasteiger partial charge in [-0.25, -0.2) is 4.99 Å². The SMILES string of the molecule is CC(=O)[C@H]1[C@H]2c3ccccc3O[C@]1(C)N=c1s/c(=C/c3ccccc3Cl)c(=O)n12. The van der Waals surface area contributed by atoms with Crippen LogP contribution in [0.4, 0.5) is 0 Å². The molecule has 0 spiro atoms. The van der Waals surface area contributed by atoms with Crippen LogP contribution in [-0.4, -0.2) is 16.1 Å². The largest absolute Gasteiger partial charge is 0.465 e. The number of benzene rings is 2. The minimum absolute atomic E-state index is 0.0591. The third-order valence-electron chi connectivity index (χ3n) is 5.51. The van der Waals surface area contributed by atoms with Crippen LogP contribution in [0.2, 0.25) is 5.02 Å². The lowest BCUT2D eigenvalue weighted by Gasteiger charge is -2.45. The van der Waals surface area contributed by atoms with E-state index in [0.717, 1.165) is 11.1 Å². The molecule has 1 aromatic heterocycles. The molecule has 5 nitrogen and oxygen atoms in total. The van der Waals surface area contributed by atoms with Crippen molar-refractivity contribution in [1.82, 2.24) is 4.57 Å². The predicted octanol–water partition coefficient (Wildman–Crippen LogP) is 2.93. The molecule has 0 amide bonds. The molecule has 0 N–H and O–H groups in total. The van der Waals surface area contributed by atoms with E-state index in [4.69, 9.17) is 21.3 Å². The summed E-state index contributed by atoms with van der Waals surface area (Å²) in [6.07, 6.45) is 1.78. The first kappa shape index (κ1) is 18.3. The second-order valence-corrected chi connectivity index (χ2v) is 8.85. The molecule has 29 heavy (non-hydrogen) atoms. The molecule has 2 aromatic carbocycles. The summed E-state index contributed by atoms with van der Waals surface area (Å²) in [6, 6.07) is 14.4. The highest BCUT2D eigenvalue weighted by molar-refractivity contribution is 7.07. The number of carbonyl (C=O) groups is 1. The number of halogens is 1. The van der Waals surface area contributed by atoms with Gasteiger partial charge in [0, 0.05) is 10.6 Å². The zero-order valence-corrected chi connectivity index (χ0v) is 17.3. The molecular weight excluding hydrogens is 408 g/mol. The third kappa shape index (κ3) is 2.70. The summed E-state index contributed by atoms with van der Waals surface area (Å²) in [5.74, 6) is 0.0168. The van der Waals surface area contributed by atoms with E-state index >= 15 is 0 Å². The fourth-order valence-corrected chi connectivity index (χ4v) is 5.57. The highest BCUT2D eigenvalue weighted by Gasteiger charge is 2.53. The first-order valence-electron chi connectivity index (χ1n) is 9.25. The number of para-hydroxylation sites is 1. The van der Waals surface area contributed by atoms with Gasteiger partial charge in [-0.2, -0.15) is 0 Å². The van der Waals surface area contributed by atoms with Gasteiger partial charge in [0.2, 0.25) is 5.72 Å². The molecule has 0 radical (unpaired) electrons. The first-order chi connectivity index (χ1) is 13.9. The zero-order valence-electron chi connectivity index (χ0n) is 15.8. The molecule has 0 saturated carbocycles. The van der Waals surface area contributed by atoms with Crippen molar-refractivity contribution in [2.24, 2.45) is 10.9 Å². The molecule has 3 atom stereocenters. The maximum Gasteiger partial charge on any atom is 0.270 e. The minimum Gasteiger partial charge on any atom is -0.465 e. The fraction of sp³-hybridized carbons (Fsp3) is 0.227. The Morgan fingerprint density at radius 3 is 2.72 bits per heavy atom. The number of rotatable bonds is 2. The van der Waals surface area contributed by atoms with Crippen molar-refractivity contribution in [3.05, 3.63) is 84.4 Å². The summed E-state index contributed by atoms with van der Waals surface area (Å²) in [6.45, 7) is 3.34. The van der Waals surface area contributed by atoms with Gasteiger partial charge in [-0.15, -0.1) is 0 Å². The number of Topliss-reactive ketones (excluding diaryl/α,β-unsaturated/α-hetero) is 1. The summed E-state index contributed by atoms with van der Waals surface area (Å²) in [4.78, 5) is 31.3. The fourth-order valence-electron chi connectivity index (χ4n) is 4.29. The van der Waals surface area contributed by atoms with Crippen molar-refractivity contribution < 1.29 is 9.53 Å². The smallest absolute Gasteiger partial charge is 0.270 e. The third-order valence-corrected chi connectivity index (χ3v) is 6.84. The molecule has 0 saturated heterocycles. The van der Waals surface area contributed by atoms with Crippen molar-refractivity contribution >= 4 is 34.8 Å². The molecule has 2 aliphatic heterocycles. The van der Waals surface area contributed by atoms with Crippen molar-refractivity contribution in [3.8, 4) is 5.75 Å². The topological polar surface area (TPSA) is 60.7 Å². The van der Waals surface area contributed by atoms with Gasteiger partial charge in [0.25, 0.3) is 5.56 Å². The molecule has 146 valence electrons. The van der Waals surface area contributed by atoms with Gasteiger partial charge in [0.15, 0.2) is 4.80 Å². The Morgan fingerprint density at radius 2 is 1.97 bits per heavy atom. The number of ketones is 1. The highest BCUT2D eigenvalue weighted by atomic mass is 35.5.